The van der Waals surface area contributed by atoms with Crippen molar-refractivity contribution in [1.82, 2.24) is 10.2 Å². The molecule has 4 nitrogen and oxygen atoms in total. The van der Waals surface area contributed by atoms with Gasteiger partial charge in [0.2, 0.25) is 11.6 Å². The van der Waals surface area contributed by atoms with Gasteiger partial charge in [-0.05, 0) is 12.1 Å². The lowest BCUT2D eigenvalue weighted by Crippen LogP contribution is -2.03. The summed E-state index contributed by atoms with van der Waals surface area (Å²) in [4.78, 5) is 11.1. The number of rotatable bonds is 2. The van der Waals surface area contributed by atoms with Crippen LogP contribution < -0.4 is 10.3 Å². The van der Waals surface area contributed by atoms with Gasteiger partial charge in [0, 0.05) is 4.47 Å². The van der Waals surface area contributed by atoms with Crippen LogP contribution in [0, 0.1) is 11.6 Å². The molecule has 1 heterocycles. The number of aromatic nitrogens is 2. The fourth-order valence-corrected chi connectivity index (χ4v) is 1.50. The molecule has 84 valence electrons. The average molecular weight is 291 g/mol. The monoisotopic (exact) mass is 290 g/mol. The van der Waals surface area contributed by atoms with Gasteiger partial charge in [0.25, 0.3) is 0 Å². The van der Waals surface area contributed by atoms with Crippen LogP contribution >= 0.6 is 15.9 Å². The summed E-state index contributed by atoms with van der Waals surface area (Å²) in [6, 6.07) is 2.19. The lowest BCUT2D eigenvalue weighted by Gasteiger charge is -2.04. The van der Waals surface area contributed by atoms with Crippen molar-refractivity contribution in [3.63, 3.8) is 0 Å². The summed E-state index contributed by atoms with van der Waals surface area (Å²) >= 11 is 2.99. The Bertz CT molecular complexity index is 579. The number of benzene rings is 1. The molecule has 0 unspecified atom stereocenters. The highest BCUT2D eigenvalue weighted by Crippen LogP contribution is 2.27. The predicted molar refractivity (Wildman–Crippen MR) is 55.5 cm³/mol. The highest BCUT2D eigenvalue weighted by Gasteiger charge is 2.13. The molecule has 2 rings (SSSR count). The summed E-state index contributed by atoms with van der Waals surface area (Å²) in [6.07, 6.45) is 1.21. The largest absolute Gasteiger partial charge is 0.447 e. The first-order chi connectivity index (χ1) is 7.58. The maximum absolute atomic E-state index is 13.3. The molecule has 0 saturated carbocycles. The second-order valence-electron chi connectivity index (χ2n) is 2.91. The van der Waals surface area contributed by atoms with Crippen molar-refractivity contribution in [2.24, 2.45) is 0 Å². The standard InChI is InChI=1S/C9H5BrF2N2O2/c10-4-1-5(11)8(12)6(2-4)16-7-3-13-14-9(7)15/h1-3H,(H2,13,14,15). The second-order valence-corrected chi connectivity index (χ2v) is 3.82. The summed E-state index contributed by atoms with van der Waals surface area (Å²) in [5.74, 6) is -2.71. The van der Waals surface area contributed by atoms with Crippen molar-refractivity contribution >= 4 is 15.9 Å². The minimum Gasteiger partial charge on any atom is -0.447 e. The zero-order valence-electron chi connectivity index (χ0n) is 7.68. The normalized spacial score (nSPS) is 10.4. The Kier molecular flexibility index (Phi) is 2.78. The zero-order chi connectivity index (χ0) is 11.7. The average Bonchev–Trinajstić information content (AvgIpc) is 2.60. The van der Waals surface area contributed by atoms with E-state index in [-0.39, 0.29) is 11.5 Å². The molecule has 0 saturated heterocycles. The summed E-state index contributed by atoms with van der Waals surface area (Å²) in [5.41, 5.74) is -0.556. The molecule has 2 aromatic rings. The highest BCUT2D eigenvalue weighted by atomic mass is 79.9. The quantitative estimate of drug-likeness (QED) is 0.835. The summed E-state index contributed by atoms with van der Waals surface area (Å²) in [7, 11) is 0. The fraction of sp³-hybridized carbons (Fsp3) is 0. The number of aromatic amines is 2. The SMILES string of the molecule is O=c1[nH][nH]cc1Oc1cc(Br)cc(F)c1F. The third kappa shape index (κ3) is 1.99. The van der Waals surface area contributed by atoms with Crippen molar-refractivity contribution < 1.29 is 13.5 Å². The van der Waals surface area contributed by atoms with Crippen LogP contribution in [0.5, 0.6) is 11.5 Å². The Morgan fingerprint density at radius 2 is 2.00 bits per heavy atom. The van der Waals surface area contributed by atoms with E-state index in [9.17, 15) is 13.6 Å². The van der Waals surface area contributed by atoms with Gasteiger partial charge in [-0.25, -0.2) is 4.39 Å². The molecular formula is C9H5BrF2N2O2. The first-order valence-corrected chi connectivity index (χ1v) is 4.95. The molecule has 0 aliphatic carbocycles. The maximum Gasteiger partial charge on any atom is 0.306 e. The molecule has 0 aliphatic heterocycles. The first-order valence-electron chi connectivity index (χ1n) is 4.16. The molecule has 0 spiro atoms. The summed E-state index contributed by atoms with van der Waals surface area (Å²) in [6.45, 7) is 0. The molecule has 0 bridgehead atoms. The van der Waals surface area contributed by atoms with Crippen LogP contribution in [-0.4, -0.2) is 10.2 Å². The minimum atomic E-state index is -1.15. The van der Waals surface area contributed by atoms with Crippen LogP contribution in [0.3, 0.4) is 0 Å². The van der Waals surface area contributed by atoms with Crippen molar-refractivity contribution in [3.05, 3.63) is 44.8 Å². The molecule has 0 radical (unpaired) electrons. The second kappa shape index (κ2) is 4.09. The van der Waals surface area contributed by atoms with Gasteiger partial charge in [0.1, 0.15) is 0 Å². The number of hydrogen-bond donors (Lipinski definition) is 2. The van der Waals surface area contributed by atoms with E-state index in [1.807, 2.05) is 0 Å². The van der Waals surface area contributed by atoms with Crippen LogP contribution in [0.25, 0.3) is 0 Å². The fourth-order valence-electron chi connectivity index (χ4n) is 1.10. The van der Waals surface area contributed by atoms with Gasteiger partial charge >= 0.3 is 5.56 Å². The van der Waals surface area contributed by atoms with Crippen LogP contribution in [0.1, 0.15) is 0 Å². The van der Waals surface area contributed by atoms with E-state index in [0.29, 0.717) is 4.47 Å². The Balaban J connectivity index is 2.42. The van der Waals surface area contributed by atoms with Gasteiger partial charge in [-0.15, -0.1) is 0 Å². The van der Waals surface area contributed by atoms with E-state index in [4.69, 9.17) is 4.74 Å². The molecule has 1 aromatic carbocycles. The highest BCUT2D eigenvalue weighted by molar-refractivity contribution is 9.10. The van der Waals surface area contributed by atoms with E-state index < -0.39 is 17.2 Å². The molecule has 0 aliphatic rings. The van der Waals surface area contributed by atoms with Crippen LogP contribution in [-0.2, 0) is 0 Å². The summed E-state index contributed by atoms with van der Waals surface area (Å²) < 4.78 is 31.5. The van der Waals surface area contributed by atoms with E-state index >= 15 is 0 Å². The van der Waals surface area contributed by atoms with Crippen molar-refractivity contribution in [2.75, 3.05) is 0 Å². The maximum atomic E-state index is 13.3. The molecule has 16 heavy (non-hydrogen) atoms. The number of H-pyrrole nitrogens is 2. The molecule has 1 aromatic heterocycles. The Morgan fingerprint density at radius 3 is 2.62 bits per heavy atom. The molecule has 0 fully saturated rings. The Morgan fingerprint density at radius 1 is 1.25 bits per heavy atom. The van der Waals surface area contributed by atoms with Crippen molar-refractivity contribution in [1.29, 1.82) is 0 Å². The van der Waals surface area contributed by atoms with Gasteiger partial charge in [0.05, 0.1) is 6.20 Å². The Labute approximate surface area is 96.4 Å². The molecule has 0 atom stereocenters. The van der Waals surface area contributed by atoms with Gasteiger partial charge in [0.15, 0.2) is 11.6 Å². The lowest BCUT2D eigenvalue weighted by atomic mass is 10.3. The van der Waals surface area contributed by atoms with Gasteiger partial charge in [-0.2, -0.15) is 4.39 Å². The topological polar surface area (TPSA) is 57.9 Å². The number of halogens is 3. The van der Waals surface area contributed by atoms with E-state index in [1.54, 1.807) is 0 Å². The number of ether oxygens (including phenoxy) is 1. The third-order valence-electron chi connectivity index (χ3n) is 1.79. The first kappa shape index (κ1) is 10.9. The smallest absolute Gasteiger partial charge is 0.306 e. The van der Waals surface area contributed by atoms with E-state index in [1.165, 1.54) is 12.3 Å². The zero-order valence-corrected chi connectivity index (χ0v) is 9.27. The van der Waals surface area contributed by atoms with Crippen LogP contribution in [0.2, 0.25) is 0 Å². The van der Waals surface area contributed by atoms with Crippen LogP contribution in [0.15, 0.2) is 27.6 Å². The van der Waals surface area contributed by atoms with Gasteiger partial charge < -0.3 is 9.84 Å². The lowest BCUT2D eigenvalue weighted by molar-refractivity contribution is 0.413. The van der Waals surface area contributed by atoms with Crippen molar-refractivity contribution in [2.45, 2.75) is 0 Å². The number of hydrogen-bond acceptors (Lipinski definition) is 2. The van der Waals surface area contributed by atoms with E-state index in [2.05, 4.69) is 26.1 Å². The van der Waals surface area contributed by atoms with E-state index in [0.717, 1.165) is 6.07 Å². The van der Waals surface area contributed by atoms with Gasteiger partial charge in [-0.3, -0.25) is 9.89 Å². The minimum absolute atomic E-state index is 0.142. The number of nitrogens with one attached hydrogen (secondary N) is 2. The molecule has 7 heteroatoms. The van der Waals surface area contributed by atoms with Gasteiger partial charge in [-0.1, -0.05) is 15.9 Å². The Hall–Kier alpha value is -1.63. The van der Waals surface area contributed by atoms with Crippen molar-refractivity contribution in [3.8, 4) is 11.5 Å². The molecule has 2 N–H and O–H groups in total. The third-order valence-corrected chi connectivity index (χ3v) is 2.25. The molecular weight excluding hydrogens is 286 g/mol. The van der Waals surface area contributed by atoms with Crippen LogP contribution in [0.4, 0.5) is 8.78 Å². The molecule has 0 amide bonds. The summed E-state index contributed by atoms with van der Waals surface area (Å²) in [5, 5.41) is 4.58. The predicted octanol–water partition coefficient (Wildman–Crippen LogP) is 2.54.